The van der Waals surface area contributed by atoms with Crippen molar-refractivity contribution in [3.63, 3.8) is 0 Å². The van der Waals surface area contributed by atoms with Crippen LogP contribution in [-0.2, 0) is 27.5 Å². The number of halogens is 3. The average molecular weight is 482 g/mol. The number of rotatable bonds is 7. The predicted octanol–water partition coefficient (Wildman–Crippen LogP) is 3.82. The summed E-state index contributed by atoms with van der Waals surface area (Å²) >= 11 is 0. The quantitative estimate of drug-likeness (QED) is 0.495. The zero-order chi connectivity index (χ0) is 24.2. The van der Waals surface area contributed by atoms with Crippen LogP contribution in [0.5, 0.6) is 0 Å². The van der Waals surface area contributed by atoms with E-state index in [4.69, 9.17) is 4.42 Å². The van der Waals surface area contributed by atoms with E-state index in [0.717, 1.165) is 25.3 Å². The molecule has 0 spiro atoms. The van der Waals surface area contributed by atoms with Crippen LogP contribution in [0, 0.1) is 0 Å². The fraction of sp³-hybridized carbons (Fsp3) is 0.143. The summed E-state index contributed by atoms with van der Waals surface area (Å²) in [5.41, 5.74) is -0.686. The number of nitrogens with one attached hydrogen (secondary N) is 2. The van der Waals surface area contributed by atoms with Crippen molar-refractivity contribution in [2.75, 3.05) is 11.8 Å². The van der Waals surface area contributed by atoms with Crippen LogP contribution in [0.25, 0.3) is 0 Å². The van der Waals surface area contributed by atoms with Crippen molar-refractivity contribution in [3.8, 4) is 0 Å². The average Bonchev–Trinajstić information content (AvgIpc) is 3.31. The number of anilines is 1. The lowest BCUT2D eigenvalue weighted by Crippen LogP contribution is -2.22. The summed E-state index contributed by atoms with van der Waals surface area (Å²) < 4.78 is 75.9. The minimum atomic E-state index is -4.73. The van der Waals surface area contributed by atoms with Crippen LogP contribution >= 0.6 is 0 Å². The molecule has 0 saturated heterocycles. The number of methoxy groups -OCH3 is 1. The fourth-order valence-corrected chi connectivity index (χ4v) is 3.91. The van der Waals surface area contributed by atoms with Crippen LogP contribution in [0.15, 0.2) is 70.4 Å². The molecule has 1 heterocycles. The highest BCUT2D eigenvalue weighted by atomic mass is 32.2. The van der Waals surface area contributed by atoms with Crippen LogP contribution in [-0.4, -0.2) is 27.4 Å². The maximum atomic E-state index is 13.0. The van der Waals surface area contributed by atoms with Gasteiger partial charge >= 0.3 is 12.1 Å². The number of carbonyl (C=O) groups excluding carboxylic acids is 2. The molecule has 0 aliphatic carbocycles. The van der Waals surface area contributed by atoms with Crippen molar-refractivity contribution in [1.29, 1.82) is 0 Å². The molecule has 12 heteroatoms. The van der Waals surface area contributed by atoms with Gasteiger partial charge in [-0.3, -0.25) is 9.52 Å². The van der Waals surface area contributed by atoms with Gasteiger partial charge in [0.2, 0.25) is 0 Å². The van der Waals surface area contributed by atoms with E-state index in [0.29, 0.717) is 11.6 Å². The second kappa shape index (κ2) is 9.36. The van der Waals surface area contributed by atoms with E-state index in [1.54, 1.807) is 0 Å². The topological polar surface area (TPSA) is 115 Å². The molecule has 1 amide bonds. The molecule has 33 heavy (non-hydrogen) atoms. The zero-order valence-corrected chi connectivity index (χ0v) is 17.8. The van der Waals surface area contributed by atoms with Crippen molar-refractivity contribution in [2.45, 2.75) is 17.6 Å². The van der Waals surface area contributed by atoms with Crippen molar-refractivity contribution in [3.05, 3.63) is 83.3 Å². The Bertz CT molecular complexity index is 1270. The Morgan fingerprint density at radius 2 is 1.82 bits per heavy atom. The number of carbonyl (C=O) groups is 2. The first-order chi connectivity index (χ1) is 15.5. The van der Waals surface area contributed by atoms with Gasteiger partial charge < -0.3 is 14.5 Å². The van der Waals surface area contributed by atoms with Gasteiger partial charge in [0, 0.05) is 6.54 Å². The highest BCUT2D eigenvalue weighted by molar-refractivity contribution is 7.92. The molecule has 3 aromatic rings. The number of ether oxygens (including phenoxy) is 1. The number of alkyl halides is 3. The van der Waals surface area contributed by atoms with E-state index >= 15 is 0 Å². The second-order valence-corrected chi connectivity index (χ2v) is 8.42. The molecule has 2 N–H and O–H groups in total. The molecular formula is C21H17F3N2O6S. The number of esters is 1. The van der Waals surface area contributed by atoms with Gasteiger partial charge in [-0.05, 0) is 48.0 Å². The molecule has 2 aromatic carbocycles. The summed E-state index contributed by atoms with van der Waals surface area (Å²) in [7, 11) is -3.30. The molecule has 0 fully saturated rings. The Labute approximate surface area is 186 Å². The maximum absolute atomic E-state index is 13.0. The van der Waals surface area contributed by atoms with Crippen LogP contribution in [0.3, 0.4) is 0 Å². The third kappa shape index (κ3) is 5.92. The standard InChI is InChI=1S/C21H17F3N2O6S/c1-31-20(28)15-7-13(11-25-19(27)14-5-6-32-12-14)8-17(9-15)26-33(29,30)18-4-2-3-16(10-18)21(22,23)24/h2-10,12,26H,11H2,1H3,(H,25,27). The zero-order valence-electron chi connectivity index (χ0n) is 17.0. The number of furan rings is 1. The molecule has 1 aromatic heterocycles. The van der Waals surface area contributed by atoms with Gasteiger partial charge in [-0.2, -0.15) is 13.2 Å². The third-order valence-electron chi connectivity index (χ3n) is 4.37. The largest absolute Gasteiger partial charge is 0.472 e. The second-order valence-electron chi connectivity index (χ2n) is 6.74. The molecule has 0 saturated carbocycles. The molecule has 174 valence electrons. The van der Waals surface area contributed by atoms with Crippen LogP contribution in [0.4, 0.5) is 18.9 Å². The lowest BCUT2D eigenvalue weighted by atomic mass is 10.1. The number of sulfonamides is 1. The number of hydrogen-bond donors (Lipinski definition) is 2. The van der Waals surface area contributed by atoms with E-state index in [2.05, 4.69) is 14.8 Å². The summed E-state index contributed by atoms with van der Waals surface area (Å²) in [6.07, 6.45) is -2.18. The van der Waals surface area contributed by atoms with E-state index in [-0.39, 0.29) is 23.4 Å². The molecule has 0 bridgehead atoms. The molecule has 0 unspecified atom stereocenters. The SMILES string of the molecule is COC(=O)c1cc(CNC(=O)c2ccoc2)cc(NS(=O)(=O)c2cccc(C(F)(F)F)c2)c1. The summed E-state index contributed by atoms with van der Waals surface area (Å²) in [5.74, 6) is -1.25. The molecule has 0 atom stereocenters. The third-order valence-corrected chi connectivity index (χ3v) is 5.75. The molecule has 0 radical (unpaired) electrons. The maximum Gasteiger partial charge on any atom is 0.416 e. The predicted molar refractivity (Wildman–Crippen MR) is 110 cm³/mol. The molecule has 8 nitrogen and oxygen atoms in total. The Kier molecular flexibility index (Phi) is 6.77. The molecule has 0 aliphatic rings. The molecule has 3 rings (SSSR count). The lowest BCUT2D eigenvalue weighted by molar-refractivity contribution is -0.137. The molecular weight excluding hydrogens is 465 g/mol. The van der Waals surface area contributed by atoms with E-state index in [9.17, 15) is 31.2 Å². The van der Waals surface area contributed by atoms with Crippen molar-refractivity contribution >= 4 is 27.6 Å². The van der Waals surface area contributed by atoms with Gasteiger partial charge in [0.25, 0.3) is 15.9 Å². The van der Waals surface area contributed by atoms with Crippen LogP contribution in [0.2, 0.25) is 0 Å². The van der Waals surface area contributed by atoms with Gasteiger partial charge in [0.1, 0.15) is 6.26 Å². The minimum absolute atomic E-state index is 0.0331. The van der Waals surface area contributed by atoms with Gasteiger partial charge in [-0.1, -0.05) is 6.07 Å². The summed E-state index contributed by atoms with van der Waals surface area (Å²) in [6.45, 7) is -0.0901. The van der Waals surface area contributed by atoms with Crippen LogP contribution in [0.1, 0.15) is 31.8 Å². The van der Waals surface area contributed by atoms with Gasteiger partial charge in [-0.25, -0.2) is 13.2 Å². The first-order valence-corrected chi connectivity index (χ1v) is 10.7. The first kappa shape index (κ1) is 23.9. The Hall–Kier alpha value is -3.80. The van der Waals surface area contributed by atoms with Crippen molar-refractivity contribution in [2.24, 2.45) is 0 Å². The highest BCUT2D eigenvalue weighted by Gasteiger charge is 2.31. The van der Waals surface area contributed by atoms with E-state index in [1.165, 1.54) is 36.8 Å². The Balaban J connectivity index is 1.89. The normalized spacial score (nSPS) is 11.6. The van der Waals surface area contributed by atoms with Gasteiger partial charge in [-0.15, -0.1) is 0 Å². The van der Waals surface area contributed by atoms with Gasteiger partial charge in [0.15, 0.2) is 0 Å². The first-order valence-electron chi connectivity index (χ1n) is 9.22. The van der Waals surface area contributed by atoms with Gasteiger partial charge in [0.05, 0.1) is 40.6 Å². The smallest absolute Gasteiger partial charge is 0.416 e. The Morgan fingerprint density at radius 1 is 1.06 bits per heavy atom. The number of hydrogen-bond acceptors (Lipinski definition) is 6. The summed E-state index contributed by atoms with van der Waals surface area (Å²) in [4.78, 5) is 23.5. The molecule has 0 aliphatic heterocycles. The fourth-order valence-electron chi connectivity index (χ4n) is 2.82. The minimum Gasteiger partial charge on any atom is -0.472 e. The number of benzene rings is 2. The number of amides is 1. The van der Waals surface area contributed by atoms with Crippen molar-refractivity contribution < 1.29 is 40.3 Å². The van der Waals surface area contributed by atoms with Crippen LogP contribution < -0.4 is 10.0 Å². The van der Waals surface area contributed by atoms with E-state index in [1.807, 2.05) is 0 Å². The summed E-state index contributed by atoms with van der Waals surface area (Å²) in [6, 6.07) is 8.53. The highest BCUT2D eigenvalue weighted by Crippen LogP contribution is 2.31. The Morgan fingerprint density at radius 3 is 2.45 bits per heavy atom. The van der Waals surface area contributed by atoms with E-state index < -0.39 is 38.5 Å². The lowest BCUT2D eigenvalue weighted by Gasteiger charge is -2.13. The summed E-state index contributed by atoms with van der Waals surface area (Å²) in [5, 5.41) is 2.58. The van der Waals surface area contributed by atoms with Crippen molar-refractivity contribution in [1.82, 2.24) is 5.32 Å². The monoisotopic (exact) mass is 482 g/mol.